The number of nitrogens with zero attached hydrogens (tertiary/aromatic N) is 1. The summed E-state index contributed by atoms with van der Waals surface area (Å²) in [5, 5.41) is 2.39. The van der Waals surface area contributed by atoms with Crippen molar-refractivity contribution in [2.75, 3.05) is 0 Å². The molecule has 0 bridgehead atoms. The van der Waals surface area contributed by atoms with Crippen LogP contribution < -0.4 is 5.32 Å². The molecule has 1 aromatic rings. The molecule has 0 aromatic carbocycles. The zero-order valence-corrected chi connectivity index (χ0v) is 11.7. The number of carbonyl (C=O) groups is 2. The Hall–Kier alpha value is -1.71. The topological polar surface area (TPSA) is 59.1 Å². The van der Waals surface area contributed by atoms with Gasteiger partial charge in [0.1, 0.15) is 0 Å². The predicted octanol–water partition coefficient (Wildman–Crippen LogP) is 1.97. The maximum absolute atomic E-state index is 11.7. The van der Waals surface area contributed by atoms with Crippen LogP contribution in [0.3, 0.4) is 0 Å². The Kier molecular flexibility index (Phi) is 3.69. The van der Waals surface area contributed by atoms with Gasteiger partial charge in [0.05, 0.1) is 0 Å². The van der Waals surface area contributed by atoms with Gasteiger partial charge in [0, 0.05) is 29.6 Å². The summed E-state index contributed by atoms with van der Waals surface area (Å²) in [6.07, 6.45) is 3.55. The molecule has 2 rings (SSSR count). The van der Waals surface area contributed by atoms with E-state index in [1.807, 2.05) is 18.3 Å². The second kappa shape index (κ2) is 5.11. The number of amides is 2. The number of hydrogen-bond donors (Lipinski definition) is 1. The lowest BCUT2D eigenvalue weighted by Gasteiger charge is -2.21. The van der Waals surface area contributed by atoms with Gasteiger partial charge in [-0.05, 0) is 24.5 Å². The zero-order chi connectivity index (χ0) is 14.0. The van der Waals surface area contributed by atoms with Crippen LogP contribution in [0.1, 0.15) is 44.9 Å². The van der Waals surface area contributed by atoms with Crippen molar-refractivity contribution < 1.29 is 9.59 Å². The van der Waals surface area contributed by atoms with E-state index < -0.39 is 0 Å². The number of pyridine rings is 1. The first kappa shape index (κ1) is 13.7. The molecular weight excluding hydrogens is 240 g/mol. The van der Waals surface area contributed by atoms with E-state index >= 15 is 0 Å². The minimum Gasteiger partial charge on any atom is -0.296 e. The molecule has 1 N–H and O–H groups in total. The summed E-state index contributed by atoms with van der Waals surface area (Å²) in [6, 6.07) is 4.04. The van der Waals surface area contributed by atoms with Gasteiger partial charge in [0.25, 0.3) is 0 Å². The third kappa shape index (κ3) is 3.40. The quantitative estimate of drug-likeness (QED) is 0.827. The van der Waals surface area contributed by atoms with E-state index in [4.69, 9.17) is 0 Å². The molecule has 4 nitrogen and oxygen atoms in total. The van der Waals surface area contributed by atoms with Crippen LogP contribution >= 0.6 is 0 Å². The molecule has 102 valence electrons. The molecule has 1 saturated heterocycles. The number of carbonyl (C=O) groups excluding carboxylic acids is 2. The van der Waals surface area contributed by atoms with Crippen molar-refractivity contribution in [3.8, 4) is 0 Å². The van der Waals surface area contributed by atoms with Crippen LogP contribution in [0.2, 0.25) is 0 Å². The van der Waals surface area contributed by atoms with E-state index in [0.29, 0.717) is 19.3 Å². The fourth-order valence-corrected chi connectivity index (χ4v) is 2.21. The first-order valence-electron chi connectivity index (χ1n) is 6.65. The summed E-state index contributed by atoms with van der Waals surface area (Å²) in [5.41, 5.74) is 2.12. The fraction of sp³-hybridized carbons (Fsp3) is 0.533. The van der Waals surface area contributed by atoms with Crippen molar-refractivity contribution >= 4 is 11.8 Å². The van der Waals surface area contributed by atoms with Gasteiger partial charge < -0.3 is 0 Å². The van der Waals surface area contributed by atoms with Crippen molar-refractivity contribution in [3.05, 3.63) is 29.6 Å². The standard InChI is InChI=1S/C15H20N2O2/c1-15(2,3)12-6-4-10(9-16-12)8-11-5-7-13(18)17-14(11)19/h4,6,9,11H,5,7-8H2,1-3H3,(H,17,18,19). The molecule has 0 saturated carbocycles. The highest BCUT2D eigenvalue weighted by molar-refractivity contribution is 5.98. The second-order valence-electron chi connectivity index (χ2n) is 6.15. The molecule has 19 heavy (non-hydrogen) atoms. The Morgan fingerprint density at radius 1 is 1.32 bits per heavy atom. The molecule has 0 radical (unpaired) electrons. The van der Waals surface area contributed by atoms with Crippen molar-refractivity contribution in [3.63, 3.8) is 0 Å². The van der Waals surface area contributed by atoms with Gasteiger partial charge in [-0.1, -0.05) is 26.8 Å². The number of rotatable bonds is 2. The van der Waals surface area contributed by atoms with E-state index in [0.717, 1.165) is 11.3 Å². The Labute approximate surface area is 113 Å². The number of aromatic nitrogens is 1. The lowest BCUT2D eigenvalue weighted by Crippen LogP contribution is -2.41. The van der Waals surface area contributed by atoms with Crippen LogP contribution in [0, 0.1) is 5.92 Å². The largest absolute Gasteiger partial charge is 0.296 e. The summed E-state index contributed by atoms with van der Waals surface area (Å²) >= 11 is 0. The normalized spacial score (nSPS) is 20.3. The Balaban J connectivity index is 2.04. The third-order valence-corrected chi connectivity index (χ3v) is 3.43. The lowest BCUT2D eigenvalue weighted by atomic mass is 9.89. The number of hydrogen-bond acceptors (Lipinski definition) is 3. The molecule has 1 aliphatic heterocycles. The molecule has 0 aliphatic carbocycles. The summed E-state index contributed by atoms with van der Waals surface area (Å²) in [4.78, 5) is 27.2. The van der Waals surface area contributed by atoms with Crippen molar-refractivity contribution in [2.45, 2.75) is 45.4 Å². The highest BCUT2D eigenvalue weighted by Gasteiger charge is 2.26. The first-order valence-corrected chi connectivity index (χ1v) is 6.65. The Bertz CT molecular complexity index is 486. The van der Waals surface area contributed by atoms with Crippen molar-refractivity contribution in [1.82, 2.24) is 10.3 Å². The van der Waals surface area contributed by atoms with E-state index in [1.54, 1.807) is 0 Å². The average molecular weight is 260 g/mol. The van der Waals surface area contributed by atoms with E-state index in [2.05, 4.69) is 31.1 Å². The van der Waals surface area contributed by atoms with Crippen LogP contribution in [0.4, 0.5) is 0 Å². The second-order valence-corrected chi connectivity index (χ2v) is 6.15. The van der Waals surface area contributed by atoms with Crippen molar-refractivity contribution in [1.29, 1.82) is 0 Å². The molecule has 1 aromatic heterocycles. The maximum atomic E-state index is 11.7. The number of piperidine rings is 1. The van der Waals surface area contributed by atoms with Gasteiger partial charge in [-0.3, -0.25) is 19.9 Å². The lowest BCUT2D eigenvalue weighted by molar-refractivity contribution is -0.136. The smallest absolute Gasteiger partial charge is 0.230 e. The van der Waals surface area contributed by atoms with E-state index in [-0.39, 0.29) is 23.1 Å². The SMILES string of the molecule is CC(C)(C)c1ccc(CC2CCC(=O)NC2=O)cn1. The summed E-state index contributed by atoms with van der Waals surface area (Å²) in [5.74, 6) is -0.432. The van der Waals surface area contributed by atoms with Crippen LogP contribution in [-0.2, 0) is 21.4 Å². The average Bonchev–Trinajstić information content (AvgIpc) is 2.32. The van der Waals surface area contributed by atoms with Gasteiger partial charge in [-0.15, -0.1) is 0 Å². The molecular formula is C15H20N2O2. The molecule has 1 fully saturated rings. The molecule has 2 amide bonds. The van der Waals surface area contributed by atoms with Crippen LogP contribution in [-0.4, -0.2) is 16.8 Å². The predicted molar refractivity (Wildman–Crippen MR) is 72.5 cm³/mol. The summed E-state index contributed by atoms with van der Waals surface area (Å²) in [6.45, 7) is 6.36. The fourth-order valence-electron chi connectivity index (χ4n) is 2.21. The van der Waals surface area contributed by atoms with Gasteiger partial charge >= 0.3 is 0 Å². The van der Waals surface area contributed by atoms with Crippen LogP contribution in [0.5, 0.6) is 0 Å². The minimum absolute atomic E-state index is 0.0349. The van der Waals surface area contributed by atoms with Gasteiger partial charge in [-0.25, -0.2) is 0 Å². The molecule has 4 heteroatoms. The van der Waals surface area contributed by atoms with Gasteiger partial charge in [0.2, 0.25) is 11.8 Å². The summed E-state index contributed by atoms with van der Waals surface area (Å²) < 4.78 is 0. The number of nitrogens with one attached hydrogen (secondary N) is 1. The Morgan fingerprint density at radius 3 is 2.58 bits per heavy atom. The molecule has 1 unspecified atom stereocenters. The van der Waals surface area contributed by atoms with Crippen LogP contribution in [0.25, 0.3) is 0 Å². The van der Waals surface area contributed by atoms with Gasteiger partial charge in [-0.2, -0.15) is 0 Å². The maximum Gasteiger partial charge on any atom is 0.230 e. The third-order valence-electron chi connectivity index (χ3n) is 3.43. The highest BCUT2D eigenvalue weighted by Crippen LogP contribution is 2.22. The Morgan fingerprint density at radius 2 is 2.05 bits per heavy atom. The first-order chi connectivity index (χ1) is 8.86. The van der Waals surface area contributed by atoms with E-state index in [9.17, 15) is 9.59 Å². The highest BCUT2D eigenvalue weighted by atomic mass is 16.2. The minimum atomic E-state index is -0.164. The zero-order valence-electron chi connectivity index (χ0n) is 11.7. The van der Waals surface area contributed by atoms with Crippen molar-refractivity contribution in [2.24, 2.45) is 5.92 Å². The monoisotopic (exact) mass is 260 g/mol. The molecule has 1 atom stereocenters. The molecule has 0 spiro atoms. The van der Waals surface area contributed by atoms with E-state index in [1.165, 1.54) is 0 Å². The van der Waals surface area contributed by atoms with Crippen LogP contribution in [0.15, 0.2) is 18.3 Å². The van der Waals surface area contributed by atoms with Gasteiger partial charge in [0.15, 0.2) is 0 Å². The molecule has 1 aliphatic rings. The number of imide groups is 1. The molecule has 2 heterocycles. The summed E-state index contributed by atoms with van der Waals surface area (Å²) in [7, 11) is 0.